The molecule has 0 atom stereocenters. The summed E-state index contributed by atoms with van der Waals surface area (Å²) in [6.07, 6.45) is 15.6. The molecular formula is C21H19NO2S. The summed E-state index contributed by atoms with van der Waals surface area (Å²) in [6, 6.07) is 0. The van der Waals surface area contributed by atoms with E-state index in [9.17, 15) is 9.59 Å². The van der Waals surface area contributed by atoms with Crippen LogP contribution >= 0.6 is 11.3 Å². The summed E-state index contributed by atoms with van der Waals surface area (Å²) in [5.41, 5.74) is 1.68. The molecule has 0 fully saturated rings. The van der Waals surface area contributed by atoms with E-state index < -0.39 is 0 Å². The van der Waals surface area contributed by atoms with Gasteiger partial charge in [0.2, 0.25) is 11.6 Å². The summed E-state index contributed by atoms with van der Waals surface area (Å²) < 4.78 is 0. The van der Waals surface area contributed by atoms with Crippen LogP contribution in [-0.2, 0) is 0 Å². The molecule has 0 saturated heterocycles. The lowest BCUT2D eigenvalue weighted by atomic mass is 9.88. The fourth-order valence-electron chi connectivity index (χ4n) is 2.39. The number of ketones is 2. The van der Waals surface area contributed by atoms with Crippen LogP contribution in [0.3, 0.4) is 0 Å². The van der Waals surface area contributed by atoms with Crippen molar-refractivity contribution in [3.05, 3.63) is 94.6 Å². The van der Waals surface area contributed by atoms with Crippen LogP contribution in [0.5, 0.6) is 0 Å². The summed E-state index contributed by atoms with van der Waals surface area (Å²) in [5.74, 6) is -0.479. The van der Waals surface area contributed by atoms with E-state index in [0.29, 0.717) is 21.0 Å². The normalized spacial score (nSPS) is 18.6. The molecule has 0 N–H and O–H groups in total. The average molecular weight is 349 g/mol. The second-order valence-corrected chi connectivity index (χ2v) is 6.13. The van der Waals surface area contributed by atoms with Crippen molar-refractivity contribution in [3.63, 3.8) is 0 Å². The fourth-order valence-corrected chi connectivity index (χ4v) is 3.41. The summed E-state index contributed by atoms with van der Waals surface area (Å²) in [5, 5.41) is 0.640. The highest BCUT2D eigenvalue weighted by atomic mass is 32.1. The number of nitrogens with zero attached hydrogens (tertiary/aromatic N) is 1. The second-order valence-electron chi connectivity index (χ2n) is 5.13. The highest BCUT2D eigenvalue weighted by Gasteiger charge is 2.35. The second kappa shape index (κ2) is 8.31. The molecule has 2 rings (SSSR count). The Morgan fingerprint density at radius 3 is 2.20 bits per heavy atom. The molecule has 0 spiro atoms. The molecule has 0 aromatic carbocycles. The lowest BCUT2D eigenvalue weighted by Crippen LogP contribution is -2.21. The van der Waals surface area contributed by atoms with Crippen LogP contribution in [0.15, 0.2) is 79.0 Å². The molecule has 25 heavy (non-hydrogen) atoms. The van der Waals surface area contributed by atoms with Gasteiger partial charge in [-0.1, -0.05) is 67.8 Å². The number of thiazole rings is 1. The number of fused-ring (bicyclic) bond motifs is 1. The van der Waals surface area contributed by atoms with E-state index in [2.05, 4.69) is 18.1 Å². The zero-order valence-corrected chi connectivity index (χ0v) is 15.1. The number of hydrogen-bond donors (Lipinski definition) is 0. The standard InChI is InChI=1S/C21H19NO2S/c1-5-9-13-14(10-6-2)21-22-17-18(23)15(11-7-3)16(12-8-4)19(24)20(17)25-21/h5-13H,3-4H2,1-2H3/b9-5-,10-6-,14-13+,15-11+,16-12+. The maximum Gasteiger partial charge on any atom is 0.213 e. The van der Waals surface area contributed by atoms with E-state index in [1.54, 1.807) is 12.2 Å². The van der Waals surface area contributed by atoms with Crippen molar-refractivity contribution >= 4 is 28.5 Å². The van der Waals surface area contributed by atoms with E-state index in [1.165, 1.54) is 23.5 Å². The average Bonchev–Trinajstić information content (AvgIpc) is 3.05. The summed E-state index contributed by atoms with van der Waals surface area (Å²) in [6.45, 7) is 11.1. The highest BCUT2D eigenvalue weighted by molar-refractivity contribution is 7.15. The zero-order valence-electron chi connectivity index (χ0n) is 14.3. The Morgan fingerprint density at radius 2 is 1.64 bits per heavy atom. The largest absolute Gasteiger partial charge is 0.288 e. The SMILES string of the molecule is C=C/C=C1/C(=O)c2nc(C(/C=C\C)=C/C=C\C)sc2C(=O)/C1=C/C=C. The van der Waals surface area contributed by atoms with Gasteiger partial charge in [-0.3, -0.25) is 9.59 Å². The van der Waals surface area contributed by atoms with Gasteiger partial charge in [0.15, 0.2) is 0 Å². The van der Waals surface area contributed by atoms with E-state index in [1.807, 2.05) is 44.2 Å². The van der Waals surface area contributed by atoms with Crippen molar-refractivity contribution in [1.29, 1.82) is 0 Å². The maximum absolute atomic E-state index is 12.8. The van der Waals surface area contributed by atoms with Crippen LogP contribution in [-0.4, -0.2) is 16.6 Å². The molecule has 1 aromatic rings. The van der Waals surface area contributed by atoms with Gasteiger partial charge in [0.25, 0.3) is 0 Å². The van der Waals surface area contributed by atoms with Crippen LogP contribution in [0, 0.1) is 0 Å². The summed E-state index contributed by atoms with van der Waals surface area (Å²) in [4.78, 5) is 30.4. The molecular weight excluding hydrogens is 330 g/mol. The first-order valence-corrected chi connectivity index (χ1v) is 8.62. The van der Waals surface area contributed by atoms with Gasteiger partial charge in [0.1, 0.15) is 15.6 Å². The van der Waals surface area contributed by atoms with Crippen molar-refractivity contribution in [2.45, 2.75) is 13.8 Å². The highest BCUT2D eigenvalue weighted by Crippen LogP contribution is 2.35. The lowest BCUT2D eigenvalue weighted by Gasteiger charge is -2.14. The molecule has 1 aliphatic carbocycles. The number of hydrogen-bond acceptors (Lipinski definition) is 4. The number of rotatable bonds is 5. The molecule has 3 nitrogen and oxygen atoms in total. The summed E-state index contributed by atoms with van der Waals surface area (Å²) in [7, 11) is 0. The molecule has 1 aromatic heterocycles. The van der Waals surface area contributed by atoms with Gasteiger partial charge in [-0.25, -0.2) is 4.98 Å². The topological polar surface area (TPSA) is 47.0 Å². The quantitative estimate of drug-likeness (QED) is 0.536. The number of aromatic nitrogens is 1. The van der Waals surface area contributed by atoms with Crippen LogP contribution < -0.4 is 0 Å². The lowest BCUT2D eigenvalue weighted by molar-refractivity contribution is 0.0973. The molecule has 4 heteroatoms. The first-order chi connectivity index (χ1) is 12.1. The molecule has 0 unspecified atom stereocenters. The van der Waals surface area contributed by atoms with Crippen molar-refractivity contribution < 1.29 is 9.59 Å². The Labute approximate surface area is 151 Å². The Kier molecular flexibility index (Phi) is 6.14. The van der Waals surface area contributed by atoms with E-state index in [0.717, 1.165) is 5.57 Å². The van der Waals surface area contributed by atoms with Gasteiger partial charge in [0.05, 0.1) is 0 Å². The molecule has 0 radical (unpaired) electrons. The van der Waals surface area contributed by atoms with Gasteiger partial charge in [-0.15, -0.1) is 11.3 Å². The minimum atomic E-state index is -0.268. The molecule has 1 aliphatic rings. The Bertz CT molecular complexity index is 835. The predicted molar refractivity (Wildman–Crippen MR) is 105 cm³/mol. The van der Waals surface area contributed by atoms with Crippen LogP contribution in [0.25, 0.3) is 5.57 Å². The zero-order chi connectivity index (χ0) is 18.4. The summed E-state index contributed by atoms with van der Waals surface area (Å²) >= 11 is 1.23. The molecule has 1 heterocycles. The van der Waals surface area contributed by atoms with E-state index in [-0.39, 0.29) is 17.3 Å². The van der Waals surface area contributed by atoms with Crippen molar-refractivity contribution in [1.82, 2.24) is 4.98 Å². The first-order valence-electron chi connectivity index (χ1n) is 7.81. The van der Waals surface area contributed by atoms with Crippen molar-refractivity contribution in [2.75, 3.05) is 0 Å². The Balaban J connectivity index is 2.67. The first kappa shape index (κ1) is 18.5. The minimum absolute atomic E-state index is 0.204. The number of carbonyl (C=O) groups excluding carboxylic acids is 2. The Morgan fingerprint density at radius 1 is 1.00 bits per heavy atom. The van der Waals surface area contributed by atoms with Gasteiger partial charge in [0, 0.05) is 16.7 Å². The molecule has 126 valence electrons. The molecule has 0 aliphatic heterocycles. The monoisotopic (exact) mass is 349 g/mol. The number of carbonyl (C=O) groups is 2. The molecule has 0 amide bonds. The van der Waals surface area contributed by atoms with Crippen LogP contribution in [0.1, 0.15) is 39.0 Å². The van der Waals surface area contributed by atoms with Crippen LogP contribution in [0.4, 0.5) is 0 Å². The Hall–Kier alpha value is -2.85. The molecule has 0 saturated carbocycles. The predicted octanol–water partition coefficient (Wildman–Crippen LogP) is 5.28. The minimum Gasteiger partial charge on any atom is -0.288 e. The van der Waals surface area contributed by atoms with Crippen LogP contribution in [0.2, 0.25) is 0 Å². The van der Waals surface area contributed by atoms with Gasteiger partial charge >= 0.3 is 0 Å². The smallest absolute Gasteiger partial charge is 0.213 e. The third kappa shape index (κ3) is 3.64. The van der Waals surface area contributed by atoms with Crippen molar-refractivity contribution in [3.8, 4) is 0 Å². The fraction of sp³-hybridized carbons (Fsp3) is 0.0952. The number of Topliss-reactive ketones (excluding diaryl/α,β-unsaturated/α-hetero) is 2. The van der Waals surface area contributed by atoms with Crippen molar-refractivity contribution in [2.24, 2.45) is 0 Å². The third-order valence-electron chi connectivity index (χ3n) is 3.46. The maximum atomic E-state index is 12.8. The van der Waals surface area contributed by atoms with E-state index >= 15 is 0 Å². The molecule has 0 bridgehead atoms. The van der Waals surface area contributed by atoms with E-state index in [4.69, 9.17) is 0 Å². The van der Waals surface area contributed by atoms with Gasteiger partial charge in [-0.05, 0) is 13.8 Å². The van der Waals surface area contributed by atoms with Gasteiger partial charge < -0.3 is 0 Å². The third-order valence-corrected chi connectivity index (χ3v) is 4.56. The van der Waals surface area contributed by atoms with Gasteiger partial charge in [-0.2, -0.15) is 0 Å². The number of allylic oxidation sites excluding steroid dienone is 12.